The summed E-state index contributed by atoms with van der Waals surface area (Å²) in [4.78, 5) is 26.7. The van der Waals surface area contributed by atoms with Crippen LogP contribution in [-0.4, -0.2) is 28.8 Å². The third-order valence-electron chi connectivity index (χ3n) is 5.53. The van der Waals surface area contributed by atoms with E-state index in [1.54, 1.807) is 12.3 Å². The summed E-state index contributed by atoms with van der Waals surface area (Å²) in [6, 6.07) is 21.8. The summed E-state index contributed by atoms with van der Waals surface area (Å²) in [5, 5.41) is 0. The summed E-state index contributed by atoms with van der Waals surface area (Å²) in [6.07, 6.45) is 1.70. The Hall–Kier alpha value is -3.66. The van der Waals surface area contributed by atoms with Gasteiger partial charge >= 0.3 is 0 Å². The van der Waals surface area contributed by atoms with Crippen molar-refractivity contribution in [2.24, 2.45) is 0 Å². The Bertz CT molecular complexity index is 1200. The minimum Gasteiger partial charge on any atom is -0.371 e. The number of benzene rings is 2. The first-order valence-corrected chi connectivity index (χ1v) is 9.98. The van der Waals surface area contributed by atoms with Crippen LogP contribution < -0.4 is 5.43 Å². The molecule has 0 saturated heterocycles. The van der Waals surface area contributed by atoms with Crippen molar-refractivity contribution in [1.82, 2.24) is 9.47 Å². The number of hydrogen-bond acceptors (Lipinski definition) is 3. The molecule has 0 radical (unpaired) electrons. The normalized spacial score (nSPS) is 14.8. The van der Waals surface area contributed by atoms with Crippen LogP contribution in [0.5, 0.6) is 0 Å². The van der Waals surface area contributed by atoms with E-state index in [0.29, 0.717) is 6.54 Å². The van der Waals surface area contributed by atoms with E-state index >= 15 is 0 Å². The molecular weight excluding hydrogens is 372 g/mol. The zero-order valence-corrected chi connectivity index (χ0v) is 17.3. The van der Waals surface area contributed by atoms with Gasteiger partial charge in [0.15, 0.2) is 11.2 Å². The average molecular weight is 396 g/mol. The minimum atomic E-state index is -0.251. The SMILES string of the molecule is C=C(/C(=C1/c2cc(=O)c(C(C)=O)cn2CCN1C)c1ccccc1)c1ccccc1. The quantitative estimate of drug-likeness (QED) is 0.607. The van der Waals surface area contributed by atoms with Gasteiger partial charge in [-0.25, -0.2) is 0 Å². The molecule has 0 spiro atoms. The second-order valence-corrected chi connectivity index (χ2v) is 7.54. The smallest absolute Gasteiger partial charge is 0.193 e. The van der Waals surface area contributed by atoms with E-state index in [4.69, 9.17) is 0 Å². The molecule has 1 aromatic heterocycles. The molecule has 1 aliphatic heterocycles. The van der Waals surface area contributed by atoms with Gasteiger partial charge in [-0.05, 0) is 23.6 Å². The number of likely N-dealkylation sites (N-methyl/N-ethyl adjacent to an activating group) is 1. The first-order chi connectivity index (χ1) is 14.5. The molecule has 4 heteroatoms. The van der Waals surface area contributed by atoms with Gasteiger partial charge in [0, 0.05) is 38.0 Å². The lowest BCUT2D eigenvalue weighted by Gasteiger charge is -2.34. The van der Waals surface area contributed by atoms with Crippen LogP contribution >= 0.6 is 0 Å². The highest BCUT2D eigenvalue weighted by atomic mass is 16.1. The van der Waals surface area contributed by atoms with Crippen LogP contribution in [-0.2, 0) is 6.54 Å². The van der Waals surface area contributed by atoms with Crippen molar-refractivity contribution in [2.45, 2.75) is 13.5 Å². The second-order valence-electron chi connectivity index (χ2n) is 7.54. The van der Waals surface area contributed by atoms with Crippen LogP contribution in [0, 0.1) is 0 Å². The maximum Gasteiger partial charge on any atom is 0.193 e. The monoisotopic (exact) mass is 396 g/mol. The summed E-state index contributed by atoms with van der Waals surface area (Å²) in [5.41, 5.74) is 5.64. The Morgan fingerprint density at radius 1 is 0.933 bits per heavy atom. The number of hydrogen-bond donors (Lipinski definition) is 0. The number of rotatable bonds is 4. The topological polar surface area (TPSA) is 42.3 Å². The van der Waals surface area contributed by atoms with E-state index in [1.807, 2.05) is 60.1 Å². The average Bonchev–Trinajstić information content (AvgIpc) is 2.76. The molecule has 0 aliphatic carbocycles. The number of aromatic nitrogens is 1. The Morgan fingerprint density at radius 2 is 1.53 bits per heavy atom. The van der Waals surface area contributed by atoms with Crippen LogP contribution in [0.25, 0.3) is 16.8 Å². The van der Waals surface area contributed by atoms with Crippen LogP contribution in [0.15, 0.2) is 84.3 Å². The fourth-order valence-corrected chi connectivity index (χ4v) is 3.95. The number of carbonyl (C=O) groups is 1. The molecule has 2 aromatic carbocycles. The van der Waals surface area contributed by atoms with E-state index in [-0.39, 0.29) is 16.8 Å². The molecule has 4 nitrogen and oxygen atoms in total. The molecule has 3 aromatic rings. The first-order valence-electron chi connectivity index (χ1n) is 9.98. The van der Waals surface area contributed by atoms with Gasteiger partial charge in [0.1, 0.15) is 0 Å². The Labute approximate surface area is 176 Å². The van der Waals surface area contributed by atoms with Crippen LogP contribution in [0.2, 0.25) is 0 Å². The van der Waals surface area contributed by atoms with Gasteiger partial charge in [-0.1, -0.05) is 67.2 Å². The number of fused-ring (bicyclic) bond motifs is 1. The molecule has 0 unspecified atom stereocenters. The standard InChI is InChI=1S/C26H24N2O2/c1-18(20-10-6-4-7-11-20)25(21-12-8-5-9-13-21)26-23-16-24(30)22(19(2)29)17-28(23)15-14-27(26)3/h4-13,16-17H,1,14-15H2,2-3H3/b26-25+. The maximum atomic E-state index is 12.7. The van der Waals surface area contributed by atoms with Gasteiger partial charge < -0.3 is 9.47 Å². The highest BCUT2D eigenvalue weighted by Gasteiger charge is 2.25. The third kappa shape index (κ3) is 3.52. The molecule has 0 N–H and O–H groups in total. The summed E-state index contributed by atoms with van der Waals surface area (Å²) >= 11 is 0. The molecule has 0 fully saturated rings. The Morgan fingerprint density at radius 3 is 2.13 bits per heavy atom. The van der Waals surface area contributed by atoms with Crippen molar-refractivity contribution in [3.63, 3.8) is 0 Å². The van der Waals surface area contributed by atoms with Crippen molar-refractivity contribution in [1.29, 1.82) is 0 Å². The summed E-state index contributed by atoms with van der Waals surface area (Å²) in [7, 11) is 2.03. The zero-order valence-electron chi connectivity index (χ0n) is 17.3. The fourth-order valence-electron chi connectivity index (χ4n) is 3.95. The summed E-state index contributed by atoms with van der Waals surface area (Å²) in [6.45, 7) is 7.33. The highest BCUT2D eigenvalue weighted by molar-refractivity contribution is 6.13. The van der Waals surface area contributed by atoms with Gasteiger partial charge in [-0.2, -0.15) is 0 Å². The van der Waals surface area contributed by atoms with E-state index in [0.717, 1.165) is 40.2 Å². The van der Waals surface area contributed by atoms with Crippen molar-refractivity contribution in [2.75, 3.05) is 13.6 Å². The van der Waals surface area contributed by atoms with E-state index in [9.17, 15) is 9.59 Å². The fraction of sp³-hybridized carbons (Fsp3) is 0.154. The molecule has 0 amide bonds. The van der Waals surface area contributed by atoms with Gasteiger partial charge in [-0.3, -0.25) is 9.59 Å². The third-order valence-corrected chi connectivity index (χ3v) is 5.53. The van der Waals surface area contributed by atoms with Crippen LogP contribution in [0.3, 0.4) is 0 Å². The van der Waals surface area contributed by atoms with Crippen LogP contribution in [0.4, 0.5) is 0 Å². The zero-order chi connectivity index (χ0) is 21.3. The second kappa shape index (κ2) is 7.99. The predicted octanol–water partition coefficient (Wildman–Crippen LogP) is 4.58. The Kier molecular flexibility index (Phi) is 5.23. The largest absolute Gasteiger partial charge is 0.371 e. The number of pyridine rings is 1. The van der Waals surface area contributed by atoms with Gasteiger partial charge in [0.25, 0.3) is 0 Å². The van der Waals surface area contributed by atoms with Crippen molar-refractivity contribution < 1.29 is 4.79 Å². The molecule has 0 saturated carbocycles. The van der Waals surface area contributed by atoms with Gasteiger partial charge in [-0.15, -0.1) is 0 Å². The Balaban J connectivity index is 2.03. The minimum absolute atomic E-state index is 0.211. The van der Waals surface area contributed by atoms with Crippen molar-refractivity contribution in [3.8, 4) is 0 Å². The first kappa shape index (κ1) is 19.6. The molecule has 30 heavy (non-hydrogen) atoms. The predicted molar refractivity (Wildman–Crippen MR) is 122 cm³/mol. The number of carbonyl (C=O) groups excluding carboxylic acids is 1. The van der Waals surface area contributed by atoms with E-state index in [1.165, 1.54) is 6.92 Å². The molecular formula is C26H24N2O2. The van der Waals surface area contributed by atoms with Crippen molar-refractivity contribution in [3.05, 3.63) is 112 Å². The number of allylic oxidation sites excluding steroid dienone is 2. The molecule has 1 aliphatic rings. The molecule has 2 heterocycles. The van der Waals surface area contributed by atoms with Gasteiger partial charge in [0.2, 0.25) is 0 Å². The van der Waals surface area contributed by atoms with E-state index in [2.05, 4.69) is 23.6 Å². The summed E-state index contributed by atoms with van der Waals surface area (Å²) < 4.78 is 2.01. The molecule has 0 atom stereocenters. The molecule has 150 valence electrons. The molecule has 4 rings (SSSR count). The highest BCUT2D eigenvalue weighted by Crippen LogP contribution is 2.38. The summed E-state index contributed by atoms with van der Waals surface area (Å²) in [5.74, 6) is -0.211. The lowest BCUT2D eigenvalue weighted by molar-refractivity contribution is 0.101. The van der Waals surface area contributed by atoms with E-state index < -0.39 is 0 Å². The lowest BCUT2D eigenvalue weighted by atomic mass is 9.89. The number of nitrogens with zero attached hydrogens (tertiary/aromatic N) is 2. The molecule has 0 bridgehead atoms. The van der Waals surface area contributed by atoms with Gasteiger partial charge in [0.05, 0.1) is 17.0 Å². The number of ketones is 1. The maximum absolute atomic E-state index is 12.7. The lowest BCUT2D eigenvalue weighted by Crippen LogP contribution is -2.33. The number of Topliss-reactive ketones (excluding diaryl/α,β-unsaturated/α-hetero) is 1. The van der Waals surface area contributed by atoms with Crippen molar-refractivity contribution >= 4 is 22.6 Å². The van der Waals surface area contributed by atoms with Crippen LogP contribution in [0.1, 0.15) is 34.1 Å².